The van der Waals surface area contributed by atoms with Crippen molar-refractivity contribution in [2.24, 2.45) is 0 Å². The minimum Gasteiger partial charge on any atom is -0.469 e. The molecule has 7 nitrogen and oxygen atoms in total. The van der Waals surface area contributed by atoms with E-state index in [-0.39, 0.29) is 11.0 Å². The summed E-state index contributed by atoms with van der Waals surface area (Å²) in [5.74, 6) is 0.401. The van der Waals surface area contributed by atoms with Gasteiger partial charge < -0.3 is 9.72 Å². The molecule has 0 bridgehead atoms. The number of unbranched alkanes of at least 4 members (excludes halogenated alkanes) is 2. The van der Waals surface area contributed by atoms with Gasteiger partial charge in [-0.2, -0.15) is 0 Å². The first-order valence-corrected chi connectivity index (χ1v) is 8.08. The molecule has 114 valence electrons. The highest BCUT2D eigenvalue weighted by Crippen LogP contribution is 2.06. The van der Waals surface area contributed by atoms with Crippen molar-refractivity contribution in [1.82, 2.24) is 14.7 Å². The number of aromatic amines is 1. The highest BCUT2D eigenvalue weighted by atomic mass is 32.2. The number of methoxy groups -OCH3 is 1. The predicted octanol–water partition coefficient (Wildman–Crippen LogP) is 0.984. The fourth-order valence-corrected chi connectivity index (χ4v) is 2.63. The lowest BCUT2D eigenvalue weighted by atomic mass is 10.2. The SMILES string of the molecule is CCc1ncc(S(=O)(=O)NCCCCCC(=O)OC)[nH]1. The van der Waals surface area contributed by atoms with Crippen LogP contribution < -0.4 is 4.72 Å². The average Bonchev–Trinajstić information content (AvgIpc) is 2.92. The van der Waals surface area contributed by atoms with Crippen LogP contribution in [0, 0.1) is 0 Å². The predicted molar refractivity (Wildman–Crippen MR) is 73.6 cm³/mol. The van der Waals surface area contributed by atoms with Gasteiger partial charge in [0.05, 0.1) is 13.3 Å². The van der Waals surface area contributed by atoms with E-state index in [1.807, 2.05) is 6.92 Å². The fraction of sp³-hybridized carbons (Fsp3) is 0.667. The normalized spacial score (nSPS) is 11.5. The third kappa shape index (κ3) is 5.30. The molecule has 0 unspecified atom stereocenters. The van der Waals surface area contributed by atoms with Crippen molar-refractivity contribution in [3.8, 4) is 0 Å². The molecule has 8 heteroatoms. The van der Waals surface area contributed by atoms with Crippen molar-refractivity contribution in [2.45, 2.75) is 44.1 Å². The van der Waals surface area contributed by atoms with Crippen LogP contribution in [0.25, 0.3) is 0 Å². The van der Waals surface area contributed by atoms with E-state index >= 15 is 0 Å². The number of H-pyrrole nitrogens is 1. The number of sulfonamides is 1. The molecule has 1 aromatic rings. The molecule has 0 saturated heterocycles. The molecule has 0 atom stereocenters. The summed E-state index contributed by atoms with van der Waals surface area (Å²) in [4.78, 5) is 17.6. The molecule has 1 rings (SSSR count). The number of ether oxygens (including phenoxy) is 1. The van der Waals surface area contributed by atoms with Gasteiger partial charge in [0.25, 0.3) is 10.0 Å². The number of esters is 1. The molecule has 0 spiro atoms. The molecule has 1 aromatic heterocycles. The summed E-state index contributed by atoms with van der Waals surface area (Å²) in [6, 6.07) is 0. The lowest BCUT2D eigenvalue weighted by Gasteiger charge is -2.04. The minimum atomic E-state index is -3.52. The number of imidazole rings is 1. The van der Waals surface area contributed by atoms with Crippen molar-refractivity contribution in [3.63, 3.8) is 0 Å². The number of carbonyl (C=O) groups excluding carboxylic acids is 1. The number of hydrogen-bond donors (Lipinski definition) is 2. The molecule has 0 aliphatic carbocycles. The first kappa shape index (κ1) is 16.6. The maximum absolute atomic E-state index is 11.9. The van der Waals surface area contributed by atoms with Crippen molar-refractivity contribution >= 4 is 16.0 Å². The summed E-state index contributed by atoms with van der Waals surface area (Å²) < 4.78 is 30.8. The monoisotopic (exact) mass is 303 g/mol. The number of aryl methyl sites for hydroxylation is 1. The minimum absolute atomic E-state index is 0.0870. The molecule has 0 aliphatic rings. The summed E-state index contributed by atoms with van der Waals surface area (Å²) in [6.45, 7) is 2.23. The average molecular weight is 303 g/mol. The van der Waals surface area contributed by atoms with E-state index in [0.717, 1.165) is 6.42 Å². The van der Waals surface area contributed by atoms with E-state index in [1.54, 1.807) is 0 Å². The second kappa shape index (κ2) is 8.01. The number of rotatable bonds is 9. The zero-order valence-electron chi connectivity index (χ0n) is 11.8. The molecule has 0 amide bonds. The lowest BCUT2D eigenvalue weighted by Crippen LogP contribution is -2.25. The standard InChI is InChI=1S/C12H21N3O4S/c1-3-10-13-9-11(15-10)20(17,18)14-8-6-4-5-7-12(16)19-2/h9,14H,3-8H2,1-2H3,(H,13,15). The number of carbonyl (C=O) groups is 1. The van der Waals surface area contributed by atoms with Crippen LogP contribution in [0.5, 0.6) is 0 Å². The zero-order chi connectivity index (χ0) is 15.0. The summed E-state index contributed by atoms with van der Waals surface area (Å²) in [6.07, 6.45) is 4.47. The Balaban J connectivity index is 2.28. The summed E-state index contributed by atoms with van der Waals surface area (Å²) in [5.41, 5.74) is 0. The topological polar surface area (TPSA) is 101 Å². The van der Waals surface area contributed by atoms with E-state index in [4.69, 9.17) is 0 Å². The van der Waals surface area contributed by atoms with Crippen LogP contribution in [0.3, 0.4) is 0 Å². The number of hydrogen-bond acceptors (Lipinski definition) is 5. The molecular formula is C12H21N3O4S. The maximum atomic E-state index is 11.9. The highest BCUT2D eigenvalue weighted by Gasteiger charge is 2.15. The molecule has 0 fully saturated rings. The fourth-order valence-electron chi connectivity index (χ4n) is 1.62. The molecule has 0 aliphatic heterocycles. The zero-order valence-corrected chi connectivity index (χ0v) is 12.6. The van der Waals surface area contributed by atoms with Gasteiger partial charge in [-0.3, -0.25) is 4.79 Å². The third-order valence-electron chi connectivity index (χ3n) is 2.81. The molecule has 1 heterocycles. The van der Waals surface area contributed by atoms with Crippen LogP contribution >= 0.6 is 0 Å². The lowest BCUT2D eigenvalue weighted by molar-refractivity contribution is -0.140. The number of aromatic nitrogens is 2. The van der Waals surface area contributed by atoms with Gasteiger partial charge in [-0.1, -0.05) is 13.3 Å². The largest absolute Gasteiger partial charge is 0.469 e. The van der Waals surface area contributed by atoms with E-state index < -0.39 is 10.0 Å². The Morgan fingerprint density at radius 2 is 2.15 bits per heavy atom. The van der Waals surface area contributed by atoms with Crippen LogP contribution in [0.15, 0.2) is 11.2 Å². The van der Waals surface area contributed by atoms with Crippen molar-refractivity contribution in [3.05, 3.63) is 12.0 Å². The van der Waals surface area contributed by atoms with Gasteiger partial charge in [-0.05, 0) is 12.8 Å². The van der Waals surface area contributed by atoms with Crippen molar-refractivity contribution < 1.29 is 17.9 Å². The van der Waals surface area contributed by atoms with Gasteiger partial charge in [-0.25, -0.2) is 18.1 Å². The Morgan fingerprint density at radius 1 is 1.40 bits per heavy atom. The molecule has 0 radical (unpaired) electrons. The molecule has 0 saturated carbocycles. The first-order chi connectivity index (χ1) is 9.49. The smallest absolute Gasteiger partial charge is 0.305 e. The van der Waals surface area contributed by atoms with Gasteiger partial charge in [0, 0.05) is 19.4 Å². The Kier molecular flexibility index (Phi) is 6.66. The first-order valence-electron chi connectivity index (χ1n) is 6.60. The van der Waals surface area contributed by atoms with Crippen LogP contribution in [0.4, 0.5) is 0 Å². The Hall–Kier alpha value is -1.41. The van der Waals surface area contributed by atoms with Crippen molar-refractivity contribution in [2.75, 3.05) is 13.7 Å². The quantitative estimate of drug-likeness (QED) is 0.523. The van der Waals surface area contributed by atoms with Crippen LogP contribution in [0.2, 0.25) is 0 Å². The second-order valence-corrected chi connectivity index (χ2v) is 6.07. The summed E-state index contributed by atoms with van der Waals surface area (Å²) in [7, 11) is -2.16. The van der Waals surface area contributed by atoms with Gasteiger partial charge in [-0.15, -0.1) is 0 Å². The van der Waals surface area contributed by atoms with Crippen molar-refractivity contribution in [1.29, 1.82) is 0 Å². The van der Waals surface area contributed by atoms with E-state index in [2.05, 4.69) is 19.4 Å². The van der Waals surface area contributed by atoms with E-state index in [9.17, 15) is 13.2 Å². The van der Waals surface area contributed by atoms with Gasteiger partial charge in [0.2, 0.25) is 0 Å². The van der Waals surface area contributed by atoms with Crippen LogP contribution in [-0.4, -0.2) is 38.0 Å². The van der Waals surface area contributed by atoms with Gasteiger partial charge in [0.15, 0.2) is 5.03 Å². The molecule has 0 aromatic carbocycles. The summed E-state index contributed by atoms with van der Waals surface area (Å²) in [5, 5.41) is 0.0870. The Morgan fingerprint density at radius 3 is 2.75 bits per heavy atom. The number of nitrogens with one attached hydrogen (secondary N) is 2. The van der Waals surface area contributed by atoms with E-state index in [1.165, 1.54) is 13.3 Å². The molecule has 20 heavy (non-hydrogen) atoms. The third-order valence-corrected chi connectivity index (χ3v) is 4.18. The Labute approximate surface area is 119 Å². The van der Waals surface area contributed by atoms with E-state index in [0.29, 0.717) is 38.1 Å². The number of nitrogens with zero attached hydrogens (tertiary/aromatic N) is 1. The van der Waals surface area contributed by atoms with Gasteiger partial charge >= 0.3 is 5.97 Å². The highest BCUT2D eigenvalue weighted by molar-refractivity contribution is 7.89. The molecular weight excluding hydrogens is 282 g/mol. The second-order valence-electron chi connectivity index (χ2n) is 4.33. The van der Waals surface area contributed by atoms with Crippen LogP contribution in [0.1, 0.15) is 38.4 Å². The molecule has 2 N–H and O–H groups in total. The Bertz CT molecular complexity index is 525. The van der Waals surface area contributed by atoms with Gasteiger partial charge in [0.1, 0.15) is 5.82 Å². The maximum Gasteiger partial charge on any atom is 0.305 e. The summed E-state index contributed by atoms with van der Waals surface area (Å²) >= 11 is 0. The van der Waals surface area contributed by atoms with Crippen LogP contribution in [-0.2, 0) is 26.0 Å².